The van der Waals surface area contributed by atoms with Gasteiger partial charge in [0.2, 0.25) is 0 Å². The molecule has 1 amide bonds. The summed E-state index contributed by atoms with van der Waals surface area (Å²) in [5.41, 5.74) is 3.36. The molecule has 3 aromatic rings. The van der Waals surface area contributed by atoms with Crippen molar-refractivity contribution in [2.24, 2.45) is 0 Å². The molecule has 0 aliphatic heterocycles. The van der Waals surface area contributed by atoms with Gasteiger partial charge < -0.3 is 10.3 Å². The molecule has 0 radical (unpaired) electrons. The summed E-state index contributed by atoms with van der Waals surface area (Å²) < 4.78 is 0. The van der Waals surface area contributed by atoms with E-state index in [0.717, 1.165) is 22.2 Å². The van der Waals surface area contributed by atoms with E-state index in [2.05, 4.69) is 10.3 Å². The number of nitrogens with one attached hydrogen (secondary N) is 2. The van der Waals surface area contributed by atoms with Crippen LogP contribution in [0, 0.1) is 6.92 Å². The second-order valence-corrected chi connectivity index (χ2v) is 6.19. The fourth-order valence-electron chi connectivity index (χ4n) is 2.73. The lowest BCUT2D eigenvalue weighted by Gasteiger charge is -2.08. The first-order valence-corrected chi connectivity index (χ1v) is 8.12. The van der Waals surface area contributed by atoms with Crippen LogP contribution in [-0.4, -0.2) is 17.4 Å². The molecule has 0 unspecified atom stereocenters. The van der Waals surface area contributed by atoms with Crippen molar-refractivity contribution in [3.8, 4) is 0 Å². The lowest BCUT2D eigenvalue weighted by Crippen LogP contribution is -2.26. The Morgan fingerprint density at radius 1 is 1.09 bits per heavy atom. The number of aromatic amines is 1. The van der Waals surface area contributed by atoms with E-state index in [9.17, 15) is 4.79 Å². The molecule has 0 saturated carbocycles. The minimum absolute atomic E-state index is 0.0943. The third-order valence-corrected chi connectivity index (χ3v) is 4.55. The SMILES string of the molecule is Cc1[nH]c2ccccc2c1C(=O)NCCc1c(Cl)cccc1Cl. The van der Waals surface area contributed by atoms with E-state index in [1.54, 1.807) is 12.1 Å². The molecule has 3 nitrogen and oxygen atoms in total. The highest BCUT2D eigenvalue weighted by atomic mass is 35.5. The minimum Gasteiger partial charge on any atom is -0.358 e. The van der Waals surface area contributed by atoms with Gasteiger partial charge in [-0.2, -0.15) is 0 Å². The van der Waals surface area contributed by atoms with Gasteiger partial charge in [-0.3, -0.25) is 4.79 Å². The summed E-state index contributed by atoms with van der Waals surface area (Å²) in [5.74, 6) is -0.0943. The van der Waals surface area contributed by atoms with Gasteiger partial charge in [-0.05, 0) is 37.1 Å². The Kier molecular flexibility index (Phi) is 4.60. The number of carbonyl (C=O) groups excluding carboxylic acids is 1. The van der Waals surface area contributed by atoms with Crippen LogP contribution in [0.2, 0.25) is 10.0 Å². The van der Waals surface area contributed by atoms with Crippen molar-refractivity contribution < 1.29 is 4.79 Å². The summed E-state index contributed by atoms with van der Waals surface area (Å²) in [6.45, 7) is 2.38. The van der Waals surface area contributed by atoms with Crippen LogP contribution in [0.15, 0.2) is 42.5 Å². The number of aryl methyl sites for hydroxylation is 1. The standard InChI is InChI=1S/C18H16Cl2N2O/c1-11-17(13-5-2-3-8-16(13)22-11)18(23)21-10-9-12-14(19)6-4-7-15(12)20/h2-8,22H,9-10H2,1H3,(H,21,23). The van der Waals surface area contributed by atoms with E-state index in [4.69, 9.17) is 23.2 Å². The summed E-state index contributed by atoms with van der Waals surface area (Å²) in [6, 6.07) is 13.2. The zero-order valence-corrected chi connectivity index (χ0v) is 14.1. The summed E-state index contributed by atoms with van der Waals surface area (Å²) >= 11 is 12.3. The van der Waals surface area contributed by atoms with Gasteiger partial charge in [-0.1, -0.05) is 47.5 Å². The van der Waals surface area contributed by atoms with Gasteiger partial charge in [0.15, 0.2) is 0 Å². The molecule has 0 saturated heterocycles. The molecule has 1 aromatic heterocycles. The van der Waals surface area contributed by atoms with Crippen molar-refractivity contribution in [3.63, 3.8) is 0 Å². The zero-order chi connectivity index (χ0) is 16.4. The molecule has 0 spiro atoms. The quantitative estimate of drug-likeness (QED) is 0.702. The highest BCUT2D eigenvalue weighted by Gasteiger charge is 2.15. The molecule has 2 aromatic carbocycles. The monoisotopic (exact) mass is 346 g/mol. The van der Waals surface area contributed by atoms with Crippen molar-refractivity contribution in [2.75, 3.05) is 6.54 Å². The van der Waals surface area contributed by atoms with Gasteiger partial charge in [-0.15, -0.1) is 0 Å². The van der Waals surface area contributed by atoms with E-state index >= 15 is 0 Å². The fourth-order valence-corrected chi connectivity index (χ4v) is 3.32. The summed E-state index contributed by atoms with van der Waals surface area (Å²) in [5, 5.41) is 5.11. The Morgan fingerprint density at radius 3 is 2.52 bits per heavy atom. The Hall–Kier alpha value is -1.97. The van der Waals surface area contributed by atoms with Gasteiger partial charge in [0.1, 0.15) is 0 Å². The molecule has 1 heterocycles. The van der Waals surface area contributed by atoms with Crippen LogP contribution < -0.4 is 5.32 Å². The van der Waals surface area contributed by atoms with Crippen molar-refractivity contribution in [3.05, 3.63) is 69.3 Å². The maximum Gasteiger partial charge on any atom is 0.253 e. The molecule has 0 fully saturated rings. The lowest BCUT2D eigenvalue weighted by atomic mass is 10.1. The fraction of sp³-hybridized carbons (Fsp3) is 0.167. The second-order valence-electron chi connectivity index (χ2n) is 5.38. The molecule has 0 bridgehead atoms. The van der Waals surface area contributed by atoms with Crippen LogP contribution in [0.25, 0.3) is 10.9 Å². The number of para-hydroxylation sites is 1. The minimum atomic E-state index is -0.0943. The number of aromatic nitrogens is 1. The maximum absolute atomic E-state index is 12.5. The molecule has 5 heteroatoms. The molecule has 2 N–H and O–H groups in total. The van der Waals surface area contributed by atoms with Crippen LogP contribution >= 0.6 is 23.2 Å². The first kappa shape index (κ1) is 15.9. The summed E-state index contributed by atoms with van der Waals surface area (Å²) in [6.07, 6.45) is 0.589. The number of hydrogen-bond acceptors (Lipinski definition) is 1. The zero-order valence-electron chi connectivity index (χ0n) is 12.6. The molecule has 23 heavy (non-hydrogen) atoms. The van der Waals surface area contributed by atoms with Crippen molar-refractivity contribution in [2.45, 2.75) is 13.3 Å². The molecule has 0 aliphatic rings. The number of carbonyl (C=O) groups is 1. The topological polar surface area (TPSA) is 44.9 Å². The van der Waals surface area contributed by atoms with Gasteiger partial charge in [0.05, 0.1) is 5.56 Å². The summed E-state index contributed by atoms with van der Waals surface area (Å²) in [4.78, 5) is 15.7. The highest BCUT2D eigenvalue weighted by Crippen LogP contribution is 2.25. The first-order chi connectivity index (χ1) is 11.1. The van der Waals surface area contributed by atoms with Gasteiger partial charge >= 0.3 is 0 Å². The second kappa shape index (κ2) is 6.65. The highest BCUT2D eigenvalue weighted by molar-refractivity contribution is 6.36. The van der Waals surface area contributed by atoms with Crippen LogP contribution in [0.5, 0.6) is 0 Å². The van der Waals surface area contributed by atoms with Crippen LogP contribution in [0.3, 0.4) is 0 Å². The smallest absolute Gasteiger partial charge is 0.253 e. The third kappa shape index (κ3) is 3.21. The van der Waals surface area contributed by atoms with Crippen molar-refractivity contribution >= 4 is 40.0 Å². The van der Waals surface area contributed by atoms with Crippen LogP contribution in [0.4, 0.5) is 0 Å². The molecular formula is C18H16Cl2N2O. The van der Waals surface area contributed by atoms with Crippen LogP contribution in [-0.2, 0) is 6.42 Å². The van der Waals surface area contributed by atoms with E-state index < -0.39 is 0 Å². The third-order valence-electron chi connectivity index (χ3n) is 3.84. The Labute approximate surface area is 144 Å². The average molecular weight is 347 g/mol. The van der Waals surface area contributed by atoms with E-state index in [1.807, 2.05) is 37.3 Å². The van der Waals surface area contributed by atoms with Gasteiger partial charge in [-0.25, -0.2) is 0 Å². The number of amides is 1. The Bertz CT molecular complexity index is 850. The van der Waals surface area contributed by atoms with Crippen molar-refractivity contribution in [1.29, 1.82) is 0 Å². The molecule has 118 valence electrons. The summed E-state index contributed by atoms with van der Waals surface area (Å²) in [7, 11) is 0. The Balaban J connectivity index is 1.73. The maximum atomic E-state index is 12.5. The molecule has 3 rings (SSSR count). The lowest BCUT2D eigenvalue weighted by molar-refractivity contribution is 0.0955. The number of rotatable bonds is 4. The van der Waals surface area contributed by atoms with Crippen molar-refractivity contribution in [1.82, 2.24) is 10.3 Å². The van der Waals surface area contributed by atoms with E-state index in [0.29, 0.717) is 28.6 Å². The molecule has 0 atom stereocenters. The van der Waals surface area contributed by atoms with Gasteiger partial charge in [0.25, 0.3) is 5.91 Å². The number of fused-ring (bicyclic) bond motifs is 1. The molecule has 0 aliphatic carbocycles. The van der Waals surface area contributed by atoms with E-state index in [-0.39, 0.29) is 5.91 Å². The number of hydrogen-bond donors (Lipinski definition) is 2. The molecular weight excluding hydrogens is 331 g/mol. The predicted molar refractivity (Wildman–Crippen MR) is 95.5 cm³/mol. The van der Waals surface area contributed by atoms with Crippen LogP contribution in [0.1, 0.15) is 21.6 Å². The average Bonchev–Trinajstić information content (AvgIpc) is 2.86. The Morgan fingerprint density at radius 2 is 1.78 bits per heavy atom. The first-order valence-electron chi connectivity index (χ1n) is 7.36. The largest absolute Gasteiger partial charge is 0.358 e. The number of benzene rings is 2. The number of H-pyrrole nitrogens is 1. The van der Waals surface area contributed by atoms with E-state index in [1.165, 1.54) is 0 Å². The normalized spacial score (nSPS) is 10.9. The predicted octanol–water partition coefficient (Wildman–Crippen LogP) is 4.76. The van der Waals surface area contributed by atoms with Gasteiger partial charge in [0, 0.05) is 33.2 Å². The number of halogens is 2.